The number of methoxy groups -OCH3 is 2. The summed E-state index contributed by atoms with van der Waals surface area (Å²) in [5.41, 5.74) is 2.53. The second-order valence-electron chi connectivity index (χ2n) is 4.50. The number of halogens is 1. The summed E-state index contributed by atoms with van der Waals surface area (Å²) in [6.07, 6.45) is -0.756. The number of hydrogen-bond donors (Lipinski definition) is 1. The van der Waals surface area contributed by atoms with E-state index in [1.54, 1.807) is 12.1 Å². The number of rotatable bonds is 4. The zero-order valence-electron chi connectivity index (χ0n) is 11.7. The SMILES string of the molecule is COc1cc(C(O)c2ccccc2C)cc(Cl)c1OC. The first-order valence-electron chi connectivity index (χ1n) is 6.23. The van der Waals surface area contributed by atoms with Crippen molar-refractivity contribution in [1.82, 2.24) is 0 Å². The van der Waals surface area contributed by atoms with Crippen LogP contribution in [0.15, 0.2) is 36.4 Å². The van der Waals surface area contributed by atoms with Crippen molar-refractivity contribution in [2.24, 2.45) is 0 Å². The summed E-state index contributed by atoms with van der Waals surface area (Å²) in [6.45, 7) is 1.96. The van der Waals surface area contributed by atoms with Crippen molar-refractivity contribution in [1.29, 1.82) is 0 Å². The Morgan fingerprint density at radius 1 is 1.10 bits per heavy atom. The van der Waals surface area contributed by atoms with Crippen LogP contribution in [0.5, 0.6) is 11.5 Å². The fourth-order valence-corrected chi connectivity index (χ4v) is 2.47. The fraction of sp³-hybridized carbons (Fsp3) is 0.250. The Kier molecular flexibility index (Phi) is 4.53. The molecule has 4 heteroatoms. The maximum Gasteiger partial charge on any atom is 0.179 e. The Morgan fingerprint density at radius 2 is 1.80 bits per heavy atom. The van der Waals surface area contributed by atoms with Crippen LogP contribution in [-0.4, -0.2) is 19.3 Å². The minimum Gasteiger partial charge on any atom is -0.493 e. The van der Waals surface area contributed by atoms with Gasteiger partial charge in [0, 0.05) is 0 Å². The smallest absolute Gasteiger partial charge is 0.179 e. The maximum absolute atomic E-state index is 10.5. The van der Waals surface area contributed by atoms with Crippen LogP contribution in [0.4, 0.5) is 0 Å². The predicted octanol–water partition coefficient (Wildman–Crippen LogP) is 3.75. The van der Waals surface area contributed by atoms with Crippen LogP contribution in [0.1, 0.15) is 22.8 Å². The Morgan fingerprint density at radius 3 is 2.40 bits per heavy atom. The first-order valence-corrected chi connectivity index (χ1v) is 6.61. The van der Waals surface area contributed by atoms with Crippen LogP contribution in [0, 0.1) is 6.92 Å². The maximum atomic E-state index is 10.5. The summed E-state index contributed by atoms with van der Waals surface area (Å²) in [6, 6.07) is 11.1. The lowest BCUT2D eigenvalue weighted by Crippen LogP contribution is -2.03. The van der Waals surface area contributed by atoms with E-state index >= 15 is 0 Å². The number of benzene rings is 2. The lowest BCUT2D eigenvalue weighted by atomic mass is 9.97. The highest BCUT2D eigenvalue weighted by atomic mass is 35.5. The third-order valence-electron chi connectivity index (χ3n) is 3.25. The first-order chi connectivity index (χ1) is 9.58. The van der Waals surface area contributed by atoms with E-state index in [-0.39, 0.29) is 0 Å². The van der Waals surface area contributed by atoms with Gasteiger partial charge in [-0.2, -0.15) is 0 Å². The van der Waals surface area contributed by atoms with Gasteiger partial charge in [0.2, 0.25) is 0 Å². The first kappa shape index (κ1) is 14.7. The Hall–Kier alpha value is -1.71. The van der Waals surface area contributed by atoms with Crippen molar-refractivity contribution in [3.8, 4) is 11.5 Å². The molecule has 2 aromatic rings. The van der Waals surface area contributed by atoms with Crippen LogP contribution in [0.25, 0.3) is 0 Å². The zero-order valence-corrected chi connectivity index (χ0v) is 12.4. The Labute approximate surface area is 123 Å². The largest absolute Gasteiger partial charge is 0.493 e. The normalized spacial score (nSPS) is 12.1. The molecule has 0 aliphatic carbocycles. The van der Waals surface area contributed by atoms with E-state index in [4.69, 9.17) is 21.1 Å². The summed E-state index contributed by atoms with van der Waals surface area (Å²) in [7, 11) is 3.07. The Bertz CT molecular complexity index is 611. The predicted molar refractivity (Wildman–Crippen MR) is 79.8 cm³/mol. The van der Waals surface area contributed by atoms with Gasteiger partial charge in [0.25, 0.3) is 0 Å². The second-order valence-corrected chi connectivity index (χ2v) is 4.90. The molecule has 0 saturated carbocycles. The molecule has 2 rings (SSSR count). The van der Waals surface area contributed by atoms with Gasteiger partial charge >= 0.3 is 0 Å². The lowest BCUT2D eigenvalue weighted by Gasteiger charge is -2.17. The molecule has 0 spiro atoms. The third kappa shape index (κ3) is 2.74. The van der Waals surface area contributed by atoms with Crippen molar-refractivity contribution in [3.63, 3.8) is 0 Å². The number of aliphatic hydroxyl groups is 1. The van der Waals surface area contributed by atoms with Crippen molar-refractivity contribution in [3.05, 3.63) is 58.1 Å². The molecule has 0 fully saturated rings. The van der Waals surface area contributed by atoms with E-state index in [0.717, 1.165) is 11.1 Å². The molecule has 1 atom stereocenters. The van der Waals surface area contributed by atoms with E-state index in [0.29, 0.717) is 22.1 Å². The van der Waals surface area contributed by atoms with Crippen LogP contribution in [0.3, 0.4) is 0 Å². The molecule has 3 nitrogen and oxygen atoms in total. The molecule has 0 heterocycles. The molecule has 0 saturated heterocycles. The van der Waals surface area contributed by atoms with Gasteiger partial charge in [0.1, 0.15) is 6.10 Å². The van der Waals surface area contributed by atoms with Crippen LogP contribution in [0.2, 0.25) is 5.02 Å². The molecular weight excluding hydrogens is 276 g/mol. The van der Waals surface area contributed by atoms with Gasteiger partial charge in [-0.15, -0.1) is 0 Å². The molecule has 2 aromatic carbocycles. The van der Waals surface area contributed by atoms with Crippen molar-refractivity contribution in [2.45, 2.75) is 13.0 Å². The average molecular weight is 293 g/mol. The van der Waals surface area contributed by atoms with E-state index < -0.39 is 6.10 Å². The number of hydrogen-bond acceptors (Lipinski definition) is 3. The molecular formula is C16H17ClO3. The number of aryl methyl sites for hydroxylation is 1. The number of ether oxygens (including phenoxy) is 2. The molecule has 1 unspecified atom stereocenters. The number of aliphatic hydroxyl groups excluding tert-OH is 1. The monoisotopic (exact) mass is 292 g/mol. The highest BCUT2D eigenvalue weighted by molar-refractivity contribution is 6.32. The summed E-state index contributed by atoms with van der Waals surface area (Å²) < 4.78 is 10.4. The molecule has 0 bridgehead atoms. The molecule has 0 amide bonds. The third-order valence-corrected chi connectivity index (χ3v) is 3.54. The van der Waals surface area contributed by atoms with Gasteiger partial charge in [0.05, 0.1) is 19.2 Å². The summed E-state index contributed by atoms with van der Waals surface area (Å²) in [5, 5.41) is 10.9. The van der Waals surface area contributed by atoms with Gasteiger partial charge in [-0.3, -0.25) is 0 Å². The molecule has 0 radical (unpaired) electrons. The van der Waals surface area contributed by atoms with Gasteiger partial charge in [-0.25, -0.2) is 0 Å². The highest BCUT2D eigenvalue weighted by Crippen LogP contribution is 2.39. The zero-order chi connectivity index (χ0) is 14.7. The van der Waals surface area contributed by atoms with Crippen molar-refractivity contribution >= 4 is 11.6 Å². The second kappa shape index (κ2) is 6.16. The Balaban J connectivity index is 2.48. The molecule has 106 valence electrons. The van der Waals surface area contributed by atoms with Crippen LogP contribution < -0.4 is 9.47 Å². The van der Waals surface area contributed by atoms with Crippen LogP contribution >= 0.6 is 11.6 Å². The highest BCUT2D eigenvalue weighted by Gasteiger charge is 2.18. The van der Waals surface area contributed by atoms with E-state index in [1.807, 2.05) is 31.2 Å². The van der Waals surface area contributed by atoms with E-state index in [1.165, 1.54) is 14.2 Å². The molecule has 0 aliphatic rings. The summed E-state index contributed by atoms with van der Waals surface area (Å²) in [4.78, 5) is 0. The van der Waals surface area contributed by atoms with Gasteiger partial charge in [-0.05, 0) is 35.7 Å². The molecule has 0 aliphatic heterocycles. The van der Waals surface area contributed by atoms with Crippen molar-refractivity contribution in [2.75, 3.05) is 14.2 Å². The minimum atomic E-state index is -0.756. The van der Waals surface area contributed by atoms with E-state index in [2.05, 4.69) is 0 Å². The standard InChI is InChI=1S/C16H17ClO3/c1-10-6-4-5-7-12(10)15(18)11-8-13(17)16(20-3)14(9-11)19-2/h4-9,15,18H,1-3H3. The summed E-state index contributed by atoms with van der Waals surface area (Å²) >= 11 is 6.17. The van der Waals surface area contributed by atoms with Crippen molar-refractivity contribution < 1.29 is 14.6 Å². The topological polar surface area (TPSA) is 38.7 Å². The minimum absolute atomic E-state index is 0.412. The lowest BCUT2D eigenvalue weighted by molar-refractivity contribution is 0.218. The van der Waals surface area contributed by atoms with E-state index in [9.17, 15) is 5.11 Å². The fourth-order valence-electron chi connectivity index (χ4n) is 2.17. The molecule has 0 aromatic heterocycles. The summed E-state index contributed by atoms with van der Waals surface area (Å²) in [5.74, 6) is 0.970. The molecule has 1 N–H and O–H groups in total. The quantitative estimate of drug-likeness (QED) is 0.933. The van der Waals surface area contributed by atoms with Gasteiger partial charge in [0.15, 0.2) is 11.5 Å². The van der Waals surface area contributed by atoms with Gasteiger partial charge in [-0.1, -0.05) is 35.9 Å². The average Bonchev–Trinajstić information content (AvgIpc) is 2.46. The molecule has 20 heavy (non-hydrogen) atoms. The van der Waals surface area contributed by atoms with Gasteiger partial charge < -0.3 is 14.6 Å². The van der Waals surface area contributed by atoms with Crippen LogP contribution in [-0.2, 0) is 0 Å².